The number of nitrogens with one attached hydrogen (secondary N) is 2. The number of anilines is 1. The molecule has 1 saturated heterocycles. The molecule has 0 aromatic heterocycles. The van der Waals surface area contributed by atoms with Crippen molar-refractivity contribution >= 4 is 52.2 Å². The number of nitrogens with zero attached hydrogens (tertiary/aromatic N) is 2. The van der Waals surface area contributed by atoms with E-state index in [1.54, 1.807) is 19.2 Å². The van der Waals surface area contributed by atoms with E-state index in [2.05, 4.69) is 20.8 Å². The third kappa shape index (κ3) is 5.78. The zero-order valence-corrected chi connectivity index (χ0v) is 16.8. The summed E-state index contributed by atoms with van der Waals surface area (Å²) in [6.07, 6.45) is 1.46. The Labute approximate surface area is 175 Å². The fourth-order valence-corrected chi connectivity index (χ4v) is 3.48. The van der Waals surface area contributed by atoms with Gasteiger partial charge in [-0.05, 0) is 48.0 Å². The summed E-state index contributed by atoms with van der Waals surface area (Å²) < 4.78 is 18.3. The van der Waals surface area contributed by atoms with Crippen molar-refractivity contribution in [2.24, 2.45) is 10.2 Å². The van der Waals surface area contributed by atoms with Gasteiger partial charge < -0.3 is 15.4 Å². The number of hydrogen-bond donors (Lipinski definition) is 2. The molecule has 0 unspecified atom stereocenters. The smallest absolute Gasteiger partial charge is 0.240 e. The predicted molar refractivity (Wildman–Crippen MR) is 112 cm³/mol. The molecule has 0 saturated carbocycles. The Bertz CT molecular complexity index is 982. The van der Waals surface area contributed by atoms with Crippen LogP contribution in [0, 0.1) is 5.82 Å². The minimum Gasteiger partial charge on any atom is -0.497 e. The van der Waals surface area contributed by atoms with E-state index in [1.807, 2.05) is 12.1 Å². The van der Waals surface area contributed by atoms with Gasteiger partial charge in [-0.3, -0.25) is 9.59 Å². The Morgan fingerprint density at radius 2 is 2.10 bits per heavy atom. The van der Waals surface area contributed by atoms with E-state index < -0.39 is 17.0 Å². The van der Waals surface area contributed by atoms with Crippen LogP contribution in [0.5, 0.6) is 5.75 Å². The molecular weight excluding hydrogens is 419 g/mol. The van der Waals surface area contributed by atoms with Gasteiger partial charge in [-0.15, -0.1) is 5.10 Å². The Morgan fingerprint density at radius 1 is 1.34 bits per heavy atom. The van der Waals surface area contributed by atoms with E-state index in [9.17, 15) is 14.0 Å². The van der Waals surface area contributed by atoms with E-state index in [1.165, 1.54) is 18.3 Å². The zero-order chi connectivity index (χ0) is 20.8. The maximum absolute atomic E-state index is 13.2. The standard InChI is InChI=1S/C19H16ClFN4O3S/c1-28-13-5-2-11(3-6-13)10-22-25-19-24-18(27)16(29-19)9-17(26)23-12-4-7-15(21)14(20)8-12/h2-8,10,16H,9H2,1H3,(H,23,26)(H,24,25,27)/b22-10-/t16-/m0/s1. The highest BCUT2D eigenvalue weighted by Gasteiger charge is 2.32. The SMILES string of the molecule is COc1ccc(/C=N\N=C2/NC(=O)[C@H](CC(=O)Nc3ccc(F)c(Cl)c3)S2)cc1. The van der Waals surface area contributed by atoms with Crippen molar-refractivity contribution in [2.45, 2.75) is 11.7 Å². The van der Waals surface area contributed by atoms with Crippen LogP contribution in [0.1, 0.15) is 12.0 Å². The minimum atomic E-state index is -0.638. The number of rotatable bonds is 6. The average Bonchev–Trinajstić information content (AvgIpc) is 3.04. The second-order valence-corrected chi connectivity index (χ2v) is 7.50. The number of amidine groups is 1. The molecule has 1 aliphatic heterocycles. The van der Waals surface area contributed by atoms with Crippen molar-refractivity contribution in [3.8, 4) is 5.75 Å². The molecule has 2 N–H and O–H groups in total. The second kappa shape index (κ2) is 9.53. The van der Waals surface area contributed by atoms with Crippen molar-refractivity contribution in [1.29, 1.82) is 0 Å². The van der Waals surface area contributed by atoms with Crippen molar-refractivity contribution < 1.29 is 18.7 Å². The van der Waals surface area contributed by atoms with Crippen LogP contribution in [0.25, 0.3) is 0 Å². The van der Waals surface area contributed by atoms with Gasteiger partial charge in [0.25, 0.3) is 0 Å². The Hall–Kier alpha value is -2.91. The van der Waals surface area contributed by atoms with Crippen molar-refractivity contribution in [3.63, 3.8) is 0 Å². The van der Waals surface area contributed by atoms with Gasteiger partial charge in [0.2, 0.25) is 11.8 Å². The Morgan fingerprint density at radius 3 is 2.79 bits per heavy atom. The maximum Gasteiger partial charge on any atom is 0.240 e. The summed E-state index contributed by atoms with van der Waals surface area (Å²) >= 11 is 6.80. The molecule has 2 aromatic carbocycles. The molecule has 2 aromatic rings. The van der Waals surface area contributed by atoms with Crippen molar-refractivity contribution in [3.05, 3.63) is 58.9 Å². The number of benzene rings is 2. The van der Waals surface area contributed by atoms with Crippen LogP contribution in [0.2, 0.25) is 5.02 Å². The van der Waals surface area contributed by atoms with Gasteiger partial charge in [0.15, 0.2) is 5.17 Å². The van der Waals surface area contributed by atoms with E-state index in [-0.39, 0.29) is 17.4 Å². The summed E-state index contributed by atoms with van der Waals surface area (Å²) in [5.41, 5.74) is 1.17. The molecule has 1 atom stereocenters. The molecule has 10 heteroatoms. The van der Waals surface area contributed by atoms with Crippen molar-refractivity contribution in [1.82, 2.24) is 5.32 Å². The summed E-state index contributed by atoms with van der Waals surface area (Å²) in [6, 6.07) is 11.1. The zero-order valence-electron chi connectivity index (χ0n) is 15.2. The summed E-state index contributed by atoms with van der Waals surface area (Å²) in [5, 5.41) is 12.7. The molecule has 1 heterocycles. The van der Waals surface area contributed by atoms with Crippen LogP contribution >= 0.6 is 23.4 Å². The monoisotopic (exact) mass is 434 g/mol. The maximum atomic E-state index is 13.2. The molecule has 0 aliphatic carbocycles. The molecule has 0 bridgehead atoms. The first-order valence-electron chi connectivity index (χ1n) is 8.42. The van der Waals surface area contributed by atoms with Crippen LogP contribution in [0.4, 0.5) is 10.1 Å². The first kappa shape index (κ1) is 20.8. The minimum absolute atomic E-state index is 0.0767. The largest absolute Gasteiger partial charge is 0.497 e. The molecule has 1 aliphatic rings. The van der Waals surface area contributed by atoms with Crippen LogP contribution in [0.3, 0.4) is 0 Å². The summed E-state index contributed by atoms with van der Waals surface area (Å²) in [5.74, 6) is -0.577. The third-order valence-electron chi connectivity index (χ3n) is 3.82. The normalized spacial score (nSPS) is 17.6. The second-order valence-electron chi connectivity index (χ2n) is 5.90. The fourth-order valence-electron chi connectivity index (χ4n) is 2.38. The lowest BCUT2D eigenvalue weighted by Gasteiger charge is -2.07. The van der Waals surface area contributed by atoms with Gasteiger partial charge >= 0.3 is 0 Å². The number of carbonyl (C=O) groups excluding carboxylic acids is 2. The molecular formula is C19H16ClFN4O3S. The Balaban J connectivity index is 1.54. The predicted octanol–water partition coefficient (Wildman–Crippen LogP) is 3.44. The lowest BCUT2D eigenvalue weighted by Crippen LogP contribution is -2.28. The molecule has 3 rings (SSSR count). The molecule has 2 amide bonds. The molecule has 29 heavy (non-hydrogen) atoms. The summed E-state index contributed by atoms with van der Waals surface area (Å²) in [7, 11) is 1.58. The molecule has 0 radical (unpaired) electrons. The van der Waals surface area contributed by atoms with E-state index in [4.69, 9.17) is 16.3 Å². The van der Waals surface area contributed by atoms with Gasteiger partial charge in [-0.1, -0.05) is 23.4 Å². The first-order chi connectivity index (χ1) is 13.9. The third-order valence-corrected chi connectivity index (χ3v) is 5.18. The number of halogens is 2. The molecule has 0 spiro atoms. The van der Waals surface area contributed by atoms with Gasteiger partial charge in [0, 0.05) is 12.1 Å². The van der Waals surface area contributed by atoms with Gasteiger partial charge in [-0.2, -0.15) is 5.10 Å². The number of thioether (sulfide) groups is 1. The average molecular weight is 435 g/mol. The first-order valence-corrected chi connectivity index (χ1v) is 9.68. The van der Waals surface area contributed by atoms with Gasteiger partial charge in [0.05, 0.1) is 18.3 Å². The molecule has 7 nitrogen and oxygen atoms in total. The van der Waals surface area contributed by atoms with Crippen LogP contribution < -0.4 is 15.4 Å². The lowest BCUT2D eigenvalue weighted by molar-refractivity contribution is -0.122. The topological polar surface area (TPSA) is 92.2 Å². The molecule has 150 valence electrons. The van der Waals surface area contributed by atoms with E-state index >= 15 is 0 Å². The van der Waals surface area contributed by atoms with Crippen molar-refractivity contribution in [2.75, 3.05) is 12.4 Å². The lowest BCUT2D eigenvalue weighted by atomic mass is 10.2. The molecule has 1 fully saturated rings. The summed E-state index contributed by atoms with van der Waals surface area (Å²) in [6.45, 7) is 0. The van der Waals surface area contributed by atoms with Crippen LogP contribution in [-0.2, 0) is 9.59 Å². The number of methoxy groups -OCH3 is 1. The van der Waals surface area contributed by atoms with E-state index in [0.29, 0.717) is 10.9 Å². The van der Waals surface area contributed by atoms with Crippen LogP contribution in [0.15, 0.2) is 52.7 Å². The van der Waals surface area contributed by atoms with E-state index in [0.717, 1.165) is 29.1 Å². The number of amides is 2. The Kier molecular flexibility index (Phi) is 6.84. The highest BCUT2D eigenvalue weighted by Crippen LogP contribution is 2.24. The summed E-state index contributed by atoms with van der Waals surface area (Å²) in [4.78, 5) is 24.2. The fraction of sp³-hybridized carbons (Fsp3) is 0.158. The quantitative estimate of drug-likeness (QED) is 0.538. The highest BCUT2D eigenvalue weighted by atomic mass is 35.5. The number of ether oxygens (including phenoxy) is 1. The highest BCUT2D eigenvalue weighted by molar-refractivity contribution is 8.15. The number of carbonyl (C=O) groups is 2. The number of hydrogen-bond acceptors (Lipinski definition) is 6. The van der Waals surface area contributed by atoms with Crippen LogP contribution in [-0.4, -0.2) is 35.6 Å². The van der Waals surface area contributed by atoms with Gasteiger partial charge in [0.1, 0.15) is 16.8 Å². The van der Waals surface area contributed by atoms with Gasteiger partial charge in [-0.25, -0.2) is 4.39 Å².